The Hall–Kier alpha value is -2.41. The van der Waals surface area contributed by atoms with Gasteiger partial charge in [0.15, 0.2) is 0 Å². The summed E-state index contributed by atoms with van der Waals surface area (Å²) in [6.07, 6.45) is 3.00. The van der Waals surface area contributed by atoms with Crippen molar-refractivity contribution in [2.24, 2.45) is 0 Å². The highest BCUT2D eigenvalue weighted by Crippen LogP contribution is 2.23. The van der Waals surface area contributed by atoms with Crippen molar-refractivity contribution in [1.29, 1.82) is 0 Å². The van der Waals surface area contributed by atoms with Crippen LogP contribution in [0.2, 0.25) is 0 Å². The molecule has 7 heteroatoms. The molecule has 2 aromatic rings. The number of hydrogen-bond donors (Lipinski definition) is 1. The molecule has 1 aromatic heterocycles. The summed E-state index contributed by atoms with van der Waals surface area (Å²) < 4.78 is 26.5. The summed E-state index contributed by atoms with van der Waals surface area (Å²) in [4.78, 5) is 14.8. The minimum atomic E-state index is -3.82. The van der Waals surface area contributed by atoms with Gasteiger partial charge in [-0.05, 0) is 37.3 Å². The molecule has 0 saturated carbocycles. The van der Waals surface area contributed by atoms with Crippen LogP contribution in [0.5, 0.6) is 0 Å². The minimum Gasteiger partial charge on any atom is -0.478 e. The highest BCUT2D eigenvalue weighted by molar-refractivity contribution is 7.92. The van der Waals surface area contributed by atoms with Gasteiger partial charge in [-0.1, -0.05) is 6.07 Å². The van der Waals surface area contributed by atoms with Gasteiger partial charge < -0.3 is 5.11 Å². The number of aromatic carboxylic acids is 1. The Labute approximate surface area is 122 Å². The van der Waals surface area contributed by atoms with Gasteiger partial charge >= 0.3 is 5.97 Å². The van der Waals surface area contributed by atoms with E-state index in [0.717, 1.165) is 6.07 Å². The van der Waals surface area contributed by atoms with E-state index in [4.69, 9.17) is 5.11 Å². The molecule has 1 aromatic carbocycles. The first kappa shape index (κ1) is 15.0. The monoisotopic (exact) mass is 306 g/mol. The van der Waals surface area contributed by atoms with Crippen molar-refractivity contribution in [2.75, 3.05) is 10.8 Å². The Morgan fingerprint density at radius 3 is 2.48 bits per heavy atom. The topological polar surface area (TPSA) is 87.6 Å². The van der Waals surface area contributed by atoms with Crippen molar-refractivity contribution in [3.05, 3.63) is 54.4 Å². The second-order valence-corrected chi connectivity index (χ2v) is 6.07. The molecule has 0 saturated heterocycles. The molecule has 0 aliphatic heterocycles. The van der Waals surface area contributed by atoms with E-state index in [1.807, 2.05) is 0 Å². The number of benzene rings is 1. The first-order valence-electron chi connectivity index (χ1n) is 6.23. The zero-order chi connectivity index (χ0) is 15.5. The average Bonchev–Trinajstić information content (AvgIpc) is 2.49. The van der Waals surface area contributed by atoms with Crippen molar-refractivity contribution in [2.45, 2.75) is 11.8 Å². The Morgan fingerprint density at radius 2 is 1.90 bits per heavy atom. The fourth-order valence-corrected chi connectivity index (χ4v) is 3.44. The molecule has 0 fully saturated rings. The summed E-state index contributed by atoms with van der Waals surface area (Å²) in [5.74, 6) is -1.17. The standard InChI is InChI=1S/C14H14N2O4S/c1-2-16(12-6-8-15-9-7-12)21(19,20)13-5-3-4-11(10-13)14(17)18/h3-10H,2H2,1H3,(H,17,18). The predicted octanol–water partition coefficient (Wildman–Crippen LogP) is 1.99. The van der Waals surface area contributed by atoms with Crippen LogP contribution in [0.15, 0.2) is 53.7 Å². The van der Waals surface area contributed by atoms with E-state index in [1.165, 1.54) is 34.9 Å². The summed E-state index contributed by atoms with van der Waals surface area (Å²) in [7, 11) is -3.82. The fraction of sp³-hybridized carbons (Fsp3) is 0.143. The number of pyridine rings is 1. The number of anilines is 1. The van der Waals surface area contributed by atoms with Crippen LogP contribution >= 0.6 is 0 Å². The second kappa shape index (κ2) is 5.92. The van der Waals surface area contributed by atoms with Gasteiger partial charge in [-0.15, -0.1) is 0 Å². The number of sulfonamides is 1. The van der Waals surface area contributed by atoms with Gasteiger partial charge in [0.2, 0.25) is 0 Å². The van der Waals surface area contributed by atoms with Crippen LogP contribution in [0.1, 0.15) is 17.3 Å². The molecule has 6 nitrogen and oxygen atoms in total. The Balaban J connectivity index is 2.50. The third-order valence-electron chi connectivity index (χ3n) is 2.91. The summed E-state index contributed by atoms with van der Waals surface area (Å²) in [6, 6.07) is 8.47. The molecule has 0 radical (unpaired) electrons. The first-order valence-corrected chi connectivity index (χ1v) is 7.67. The molecule has 0 bridgehead atoms. The van der Waals surface area contributed by atoms with Gasteiger partial charge in [0.1, 0.15) is 0 Å². The molecular formula is C14H14N2O4S. The highest BCUT2D eigenvalue weighted by atomic mass is 32.2. The molecule has 0 atom stereocenters. The maximum atomic E-state index is 12.7. The largest absolute Gasteiger partial charge is 0.478 e. The van der Waals surface area contributed by atoms with Gasteiger partial charge in [0, 0.05) is 18.9 Å². The van der Waals surface area contributed by atoms with E-state index in [9.17, 15) is 13.2 Å². The maximum Gasteiger partial charge on any atom is 0.335 e. The number of carboxylic acids is 1. The lowest BCUT2D eigenvalue weighted by Gasteiger charge is -2.22. The van der Waals surface area contributed by atoms with Gasteiger partial charge in [-0.2, -0.15) is 0 Å². The quantitative estimate of drug-likeness (QED) is 0.912. The first-order chi connectivity index (χ1) is 9.96. The Kier molecular flexibility index (Phi) is 4.23. The Bertz CT molecular complexity index is 745. The highest BCUT2D eigenvalue weighted by Gasteiger charge is 2.24. The number of nitrogens with zero attached hydrogens (tertiary/aromatic N) is 2. The van der Waals surface area contributed by atoms with E-state index in [2.05, 4.69) is 4.98 Å². The van der Waals surface area contributed by atoms with Crippen molar-refractivity contribution in [3.8, 4) is 0 Å². The normalized spacial score (nSPS) is 11.1. The average molecular weight is 306 g/mol. The SMILES string of the molecule is CCN(c1ccncc1)S(=O)(=O)c1cccc(C(=O)O)c1. The van der Waals surface area contributed by atoms with Gasteiger partial charge in [-0.25, -0.2) is 13.2 Å². The smallest absolute Gasteiger partial charge is 0.335 e. The molecule has 110 valence electrons. The molecule has 1 heterocycles. The van der Waals surface area contributed by atoms with Crippen molar-refractivity contribution >= 4 is 21.7 Å². The lowest BCUT2D eigenvalue weighted by Crippen LogP contribution is -2.30. The molecule has 1 N–H and O–H groups in total. The molecule has 0 unspecified atom stereocenters. The molecule has 0 spiro atoms. The lowest BCUT2D eigenvalue weighted by atomic mass is 10.2. The number of rotatable bonds is 5. The van der Waals surface area contributed by atoms with Crippen molar-refractivity contribution in [3.63, 3.8) is 0 Å². The van der Waals surface area contributed by atoms with Crippen LogP contribution in [0.3, 0.4) is 0 Å². The van der Waals surface area contributed by atoms with Gasteiger partial charge in [-0.3, -0.25) is 9.29 Å². The van der Waals surface area contributed by atoms with Crippen LogP contribution in [0.4, 0.5) is 5.69 Å². The van der Waals surface area contributed by atoms with Crippen molar-refractivity contribution in [1.82, 2.24) is 4.98 Å². The zero-order valence-electron chi connectivity index (χ0n) is 11.3. The van der Waals surface area contributed by atoms with Crippen LogP contribution in [-0.4, -0.2) is 31.0 Å². The minimum absolute atomic E-state index is 0.0546. The molecule has 2 rings (SSSR count). The predicted molar refractivity (Wildman–Crippen MR) is 77.8 cm³/mol. The molecule has 0 amide bonds. The molecule has 0 aliphatic rings. The van der Waals surface area contributed by atoms with Crippen LogP contribution in [0.25, 0.3) is 0 Å². The van der Waals surface area contributed by atoms with Gasteiger partial charge in [0.05, 0.1) is 16.1 Å². The second-order valence-electron chi connectivity index (χ2n) is 4.21. The summed E-state index contributed by atoms with van der Waals surface area (Å²) >= 11 is 0. The summed E-state index contributed by atoms with van der Waals surface area (Å²) in [5, 5.41) is 8.97. The van der Waals surface area contributed by atoms with E-state index in [1.54, 1.807) is 19.1 Å². The van der Waals surface area contributed by atoms with E-state index in [-0.39, 0.29) is 17.0 Å². The van der Waals surface area contributed by atoms with E-state index in [0.29, 0.717) is 5.69 Å². The number of hydrogen-bond acceptors (Lipinski definition) is 4. The van der Waals surface area contributed by atoms with E-state index < -0.39 is 16.0 Å². The molecular weight excluding hydrogens is 292 g/mol. The van der Waals surface area contributed by atoms with Crippen molar-refractivity contribution < 1.29 is 18.3 Å². The van der Waals surface area contributed by atoms with Crippen LogP contribution in [0, 0.1) is 0 Å². The lowest BCUT2D eigenvalue weighted by molar-refractivity contribution is 0.0696. The summed E-state index contributed by atoms with van der Waals surface area (Å²) in [6.45, 7) is 1.93. The zero-order valence-corrected chi connectivity index (χ0v) is 12.1. The van der Waals surface area contributed by atoms with E-state index >= 15 is 0 Å². The fourth-order valence-electron chi connectivity index (χ4n) is 1.92. The third kappa shape index (κ3) is 3.03. The van der Waals surface area contributed by atoms with Crippen LogP contribution in [-0.2, 0) is 10.0 Å². The third-order valence-corrected chi connectivity index (χ3v) is 4.81. The molecule has 0 aliphatic carbocycles. The van der Waals surface area contributed by atoms with Crippen LogP contribution < -0.4 is 4.31 Å². The maximum absolute atomic E-state index is 12.7. The number of carboxylic acid groups (broad SMARTS) is 1. The number of aromatic nitrogens is 1. The van der Waals surface area contributed by atoms with Gasteiger partial charge in [0.25, 0.3) is 10.0 Å². The Morgan fingerprint density at radius 1 is 1.24 bits per heavy atom. The molecule has 21 heavy (non-hydrogen) atoms. The number of carbonyl (C=O) groups is 1. The summed E-state index contributed by atoms with van der Waals surface area (Å²) in [5.41, 5.74) is 0.412.